The molecule has 114 valence electrons. The molecule has 0 spiro atoms. The first kappa shape index (κ1) is 15.7. The first-order valence-corrected chi connectivity index (χ1v) is 7.93. The fourth-order valence-electron chi connectivity index (χ4n) is 2.92. The van der Waals surface area contributed by atoms with E-state index in [1.165, 1.54) is 19.3 Å². The molecule has 0 atom stereocenters. The molecule has 1 aliphatic rings. The second-order valence-electron chi connectivity index (χ2n) is 6.60. The van der Waals surface area contributed by atoms with E-state index in [1.807, 2.05) is 18.2 Å². The molecule has 0 bridgehead atoms. The van der Waals surface area contributed by atoms with Crippen LogP contribution in [0.25, 0.3) is 0 Å². The third-order valence-corrected chi connectivity index (χ3v) is 4.93. The highest BCUT2D eigenvalue weighted by molar-refractivity contribution is 5.95. The van der Waals surface area contributed by atoms with Gasteiger partial charge in [-0.1, -0.05) is 45.4 Å². The number of nitrogens with one attached hydrogen (secondary N) is 1. The summed E-state index contributed by atoms with van der Waals surface area (Å²) >= 11 is 0. The SMILES string of the molecule is CCC(C)(C)C1CCC(=NNC(=O)c2ccccc2)CC1. The van der Waals surface area contributed by atoms with Crippen molar-refractivity contribution in [2.24, 2.45) is 16.4 Å². The molecular formula is C18H26N2O. The predicted molar refractivity (Wildman–Crippen MR) is 87.4 cm³/mol. The summed E-state index contributed by atoms with van der Waals surface area (Å²) in [6.45, 7) is 6.98. The molecule has 2 rings (SSSR count). The van der Waals surface area contributed by atoms with Gasteiger partial charge in [-0.15, -0.1) is 0 Å². The fourth-order valence-corrected chi connectivity index (χ4v) is 2.92. The van der Waals surface area contributed by atoms with Crippen molar-refractivity contribution in [3.8, 4) is 0 Å². The van der Waals surface area contributed by atoms with Crippen LogP contribution in [-0.2, 0) is 0 Å². The minimum Gasteiger partial charge on any atom is -0.267 e. The van der Waals surface area contributed by atoms with E-state index in [1.54, 1.807) is 12.1 Å². The summed E-state index contributed by atoms with van der Waals surface area (Å²) in [6, 6.07) is 9.23. The molecule has 1 aromatic rings. The monoisotopic (exact) mass is 286 g/mol. The molecule has 0 aliphatic heterocycles. The lowest BCUT2D eigenvalue weighted by Crippen LogP contribution is -2.29. The Hall–Kier alpha value is -1.64. The number of hydrogen-bond donors (Lipinski definition) is 1. The van der Waals surface area contributed by atoms with Crippen molar-refractivity contribution in [2.45, 2.75) is 52.9 Å². The van der Waals surface area contributed by atoms with Gasteiger partial charge in [0.1, 0.15) is 0 Å². The van der Waals surface area contributed by atoms with Crippen molar-refractivity contribution in [1.82, 2.24) is 5.43 Å². The maximum atomic E-state index is 11.9. The summed E-state index contributed by atoms with van der Waals surface area (Å²) in [5.74, 6) is 0.644. The van der Waals surface area contributed by atoms with Gasteiger partial charge >= 0.3 is 0 Å². The average molecular weight is 286 g/mol. The van der Waals surface area contributed by atoms with Gasteiger partial charge in [0.05, 0.1) is 0 Å². The zero-order valence-electron chi connectivity index (χ0n) is 13.4. The molecule has 0 saturated heterocycles. The van der Waals surface area contributed by atoms with Crippen molar-refractivity contribution >= 4 is 11.6 Å². The van der Waals surface area contributed by atoms with Crippen molar-refractivity contribution in [1.29, 1.82) is 0 Å². The summed E-state index contributed by atoms with van der Waals surface area (Å²) in [7, 11) is 0. The molecule has 0 unspecified atom stereocenters. The van der Waals surface area contributed by atoms with Crippen molar-refractivity contribution in [3.63, 3.8) is 0 Å². The first-order chi connectivity index (χ1) is 10.0. The van der Waals surface area contributed by atoms with Gasteiger partial charge in [-0.05, 0) is 49.1 Å². The molecule has 0 heterocycles. The zero-order valence-corrected chi connectivity index (χ0v) is 13.4. The highest BCUT2D eigenvalue weighted by atomic mass is 16.2. The minimum atomic E-state index is -0.126. The lowest BCUT2D eigenvalue weighted by molar-refractivity contribution is 0.0954. The van der Waals surface area contributed by atoms with Gasteiger partial charge in [-0.3, -0.25) is 4.79 Å². The summed E-state index contributed by atoms with van der Waals surface area (Å²) in [5.41, 5.74) is 4.88. The van der Waals surface area contributed by atoms with Crippen LogP contribution in [0.3, 0.4) is 0 Å². The van der Waals surface area contributed by atoms with Gasteiger partial charge in [-0.2, -0.15) is 5.10 Å². The second-order valence-corrected chi connectivity index (χ2v) is 6.60. The number of carbonyl (C=O) groups excluding carboxylic acids is 1. The Morgan fingerprint density at radius 1 is 1.24 bits per heavy atom. The molecule has 0 aromatic heterocycles. The van der Waals surface area contributed by atoms with Gasteiger partial charge in [-0.25, -0.2) is 5.43 Å². The molecule has 1 fully saturated rings. The molecular weight excluding hydrogens is 260 g/mol. The van der Waals surface area contributed by atoms with E-state index in [4.69, 9.17) is 0 Å². The maximum absolute atomic E-state index is 11.9. The lowest BCUT2D eigenvalue weighted by Gasteiger charge is -2.36. The molecule has 1 N–H and O–H groups in total. The summed E-state index contributed by atoms with van der Waals surface area (Å²) < 4.78 is 0. The molecule has 3 heteroatoms. The van der Waals surface area contributed by atoms with Crippen molar-refractivity contribution < 1.29 is 4.79 Å². The minimum absolute atomic E-state index is 0.126. The van der Waals surface area contributed by atoms with E-state index in [-0.39, 0.29) is 5.91 Å². The van der Waals surface area contributed by atoms with Crippen LogP contribution >= 0.6 is 0 Å². The van der Waals surface area contributed by atoms with Gasteiger partial charge in [0.2, 0.25) is 0 Å². The van der Waals surface area contributed by atoms with Crippen LogP contribution < -0.4 is 5.43 Å². The van der Waals surface area contributed by atoms with Crippen LogP contribution in [0.1, 0.15) is 63.2 Å². The van der Waals surface area contributed by atoms with E-state index in [2.05, 4.69) is 31.3 Å². The van der Waals surface area contributed by atoms with E-state index in [9.17, 15) is 4.79 Å². The van der Waals surface area contributed by atoms with Gasteiger partial charge in [0.15, 0.2) is 0 Å². The van der Waals surface area contributed by atoms with Crippen molar-refractivity contribution in [2.75, 3.05) is 0 Å². The normalized spacial score (nSPS) is 19.2. The standard InChI is InChI=1S/C18H26N2O/c1-4-18(2,3)15-10-12-16(13-11-15)19-20-17(21)14-8-6-5-7-9-14/h5-9,15H,4,10-13H2,1-3H3,(H,20,21). The number of amides is 1. The fraction of sp³-hybridized carbons (Fsp3) is 0.556. The van der Waals surface area contributed by atoms with E-state index in [0.29, 0.717) is 11.0 Å². The average Bonchev–Trinajstić information content (AvgIpc) is 2.54. The summed E-state index contributed by atoms with van der Waals surface area (Å²) in [5, 5.41) is 4.32. The Labute approximate surface area is 127 Å². The predicted octanol–water partition coefficient (Wildman–Crippen LogP) is 4.40. The zero-order chi connectivity index (χ0) is 15.3. The van der Waals surface area contributed by atoms with Crippen molar-refractivity contribution in [3.05, 3.63) is 35.9 Å². The highest BCUT2D eigenvalue weighted by Gasteiger charge is 2.30. The molecule has 0 radical (unpaired) electrons. The third-order valence-electron chi connectivity index (χ3n) is 4.93. The molecule has 21 heavy (non-hydrogen) atoms. The van der Waals surface area contributed by atoms with Gasteiger partial charge in [0.25, 0.3) is 5.91 Å². The molecule has 1 aliphatic carbocycles. The first-order valence-electron chi connectivity index (χ1n) is 7.93. The quantitative estimate of drug-likeness (QED) is 0.819. The van der Waals surface area contributed by atoms with E-state index < -0.39 is 0 Å². The van der Waals surface area contributed by atoms with Crippen LogP contribution in [0.4, 0.5) is 0 Å². The van der Waals surface area contributed by atoms with E-state index >= 15 is 0 Å². The van der Waals surface area contributed by atoms with Crippen LogP contribution in [-0.4, -0.2) is 11.6 Å². The molecule has 3 nitrogen and oxygen atoms in total. The van der Waals surface area contributed by atoms with Crippen LogP contribution in [0, 0.1) is 11.3 Å². The van der Waals surface area contributed by atoms with Gasteiger partial charge in [0, 0.05) is 11.3 Å². The number of benzene rings is 1. The topological polar surface area (TPSA) is 41.5 Å². The Morgan fingerprint density at radius 3 is 2.43 bits per heavy atom. The number of rotatable bonds is 4. The van der Waals surface area contributed by atoms with Gasteiger partial charge < -0.3 is 0 Å². The Kier molecular flexibility index (Phi) is 5.16. The second kappa shape index (κ2) is 6.88. The molecule has 1 aromatic carbocycles. The molecule has 1 saturated carbocycles. The Balaban J connectivity index is 1.87. The molecule has 1 amide bonds. The Bertz CT molecular complexity index is 495. The maximum Gasteiger partial charge on any atom is 0.271 e. The number of carbonyl (C=O) groups is 1. The highest BCUT2D eigenvalue weighted by Crippen LogP contribution is 2.39. The smallest absolute Gasteiger partial charge is 0.267 e. The summed E-state index contributed by atoms with van der Waals surface area (Å²) in [6.07, 6.45) is 5.59. The number of nitrogens with zero attached hydrogens (tertiary/aromatic N) is 1. The largest absolute Gasteiger partial charge is 0.271 e. The summed E-state index contributed by atoms with van der Waals surface area (Å²) in [4.78, 5) is 11.9. The number of hydrogen-bond acceptors (Lipinski definition) is 2. The van der Waals surface area contributed by atoms with E-state index in [0.717, 1.165) is 24.5 Å². The van der Waals surface area contributed by atoms with Crippen LogP contribution in [0.15, 0.2) is 35.4 Å². The van der Waals surface area contributed by atoms with Crippen LogP contribution in [0.5, 0.6) is 0 Å². The Morgan fingerprint density at radius 2 is 1.86 bits per heavy atom. The number of hydrazone groups is 1. The third kappa shape index (κ3) is 4.16. The van der Waals surface area contributed by atoms with Crippen LogP contribution in [0.2, 0.25) is 0 Å². The lowest BCUT2D eigenvalue weighted by atomic mass is 9.69.